The van der Waals surface area contributed by atoms with E-state index in [9.17, 15) is 0 Å². The van der Waals surface area contributed by atoms with Crippen LogP contribution in [-0.4, -0.2) is 75.7 Å². The van der Waals surface area contributed by atoms with Crippen LogP contribution in [0.2, 0.25) is 0 Å². The van der Waals surface area contributed by atoms with Crippen molar-refractivity contribution in [1.82, 2.24) is 29.4 Å². The number of hydrogen-bond acceptors (Lipinski definition) is 7. The van der Waals surface area contributed by atoms with Crippen molar-refractivity contribution in [2.75, 3.05) is 56.9 Å². The van der Waals surface area contributed by atoms with Gasteiger partial charge in [0.1, 0.15) is 0 Å². The quantitative estimate of drug-likeness (QED) is 0.708. The second kappa shape index (κ2) is 7.89. The summed E-state index contributed by atoms with van der Waals surface area (Å²) in [4.78, 5) is 15.8. The fourth-order valence-electron chi connectivity index (χ4n) is 3.42. The number of piperazine rings is 1. The molecule has 1 aliphatic heterocycles. The second-order valence-corrected chi connectivity index (χ2v) is 6.98. The van der Waals surface area contributed by atoms with E-state index in [1.807, 2.05) is 18.2 Å². The maximum Gasteiger partial charge on any atom is 0.250 e. The Hall–Kier alpha value is -2.71. The van der Waals surface area contributed by atoms with Crippen molar-refractivity contribution in [3.8, 4) is 0 Å². The number of nitrogens with two attached hydrogens (primary N) is 1. The Morgan fingerprint density at radius 3 is 2.63 bits per heavy atom. The third-order valence-corrected chi connectivity index (χ3v) is 5.03. The van der Waals surface area contributed by atoms with Crippen molar-refractivity contribution in [2.45, 2.75) is 6.42 Å². The lowest BCUT2D eigenvalue weighted by Crippen LogP contribution is -2.45. The molecule has 0 atom stereocenters. The van der Waals surface area contributed by atoms with Gasteiger partial charge >= 0.3 is 0 Å². The Balaban J connectivity index is 1.51. The third-order valence-electron chi connectivity index (χ3n) is 5.03. The first-order valence-corrected chi connectivity index (χ1v) is 9.41. The number of benzene rings is 1. The minimum absolute atomic E-state index is 0.390. The molecule has 2 N–H and O–H groups in total. The van der Waals surface area contributed by atoms with E-state index in [0.717, 1.165) is 51.4 Å². The fourth-order valence-corrected chi connectivity index (χ4v) is 3.42. The summed E-state index contributed by atoms with van der Waals surface area (Å²) in [5.74, 6) is 1.04. The number of nitrogen functional groups attached to an aromatic ring is 1. The zero-order chi connectivity index (χ0) is 18.6. The molecule has 8 nitrogen and oxygen atoms in total. The van der Waals surface area contributed by atoms with Gasteiger partial charge in [-0.05, 0) is 32.1 Å². The molecule has 27 heavy (non-hydrogen) atoms. The van der Waals surface area contributed by atoms with E-state index in [0.29, 0.717) is 17.4 Å². The van der Waals surface area contributed by atoms with E-state index < -0.39 is 0 Å². The molecule has 0 spiro atoms. The Morgan fingerprint density at radius 1 is 1.11 bits per heavy atom. The molecule has 0 unspecified atom stereocenters. The Kier molecular flexibility index (Phi) is 5.17. The van der Waals surface area contributed by atoms with Crippen molar-refractivity contribution >= 4 is 23.1 Å². The number of aromatic nitrogens is 4. The molecule has 3 aromatic rings. The minimum atomic E-state index is 0.390. The summed E-state index contributed by atoms with van der Waals surface area (Å²) < 4.78 is 1.69. The molecule has 3 heterocycles. The molecule has 0 amide bonds. The van der Waals surface area contributed by atoms with E-state index in [2.05, 4.69) is 48.9 Å². The maximum absolute atomic E-state index is 5.95. The van der Waals surface area contributed by atoms with Gasteiger partial charge in [-0.3, -0.25) is 0 Å². The SMILES string of the molecule is CN1CCN(CCCN(c2ccccc2)c2nc3c(N)nccn3n2)CC1. The van der Waals surface area contributed by atoms with Crippen LogP contribution in [0.3, 0.4) is 0 Å². The van der Waals surface area contributed by atoms with Crippen LogP contribution in [0.1, 0.15) is 6.42 Å². The van der Waals surface area contributed by atoms with Crippen LogP contribution in [-0.2, 0) is 0 Å². The second-order valence-electron chi connectivity index (χ2n) is 6.98. The molecule has 0 bridgehead atoms. The number of nitrogens with zero attached hydrogens (tertiary/aromatic N) is 7. The van der Waals surface area contributed by atoms with Crippen molar-refractivity contribution < 1.29 is 0 Å². The third kappa shape index (κ3) is 4.01. The Labute approximate surface area is 159 Å². The summed E-state index contributed by atoms with van der Waals surface area (Å²) in [6.07, 6.45) is 4.46. The zero-order valence-corrected chi connectivity index (χ0v) is 15.7. The highest BCUT2D eigenvalue weighted by Gasteiger charge is 2.18. The average Bonchev–Trinajstić information content (AvgIpc) is 3.13. The van der Waals surface area contributed by atoms with Crippen LogP contribution in [0.5, 0.6) is 0 Å². The van der Waals surface area contributed by atoms with Gasteiger partial charge in [-0.25, -0.2) is 9.50 Å². The van der Waals surface area contributed by atoms with Gasteiger partial charge in [0.2, 0.25) is 5.95 Å². The lowest BCUT2D eigenvalue weighted by molar-refractivity contribution is 0.153. The summed E-state index contributed by atoms with van der Waals surface area (Å²) in [6, 6.07) is 10.3. The van der Waals surface area contributed by atoms with Gasteiger partial charge in [0.05, 0.1) is 0 Å². The van der Waals surface area contributed by atoms with Crippen molar-refractivity contribution in [3.05, 3.63) is 42.7 Å². The van der Waals surface area contributed by atoms with Gasteiger partial charge in [0.25, 0.3) is 0 Å². The molecular weight excluding hydrogens is 340 g/mol. The van der Waals surface area contributed by atoms with Gasteiger partial charge in [-0.15, -0.1) is 5.10 Å². The van der Waals surface area contributed by atoms with Crippen LogP contribution < -0.4 is 10.6 Å². The van der Waals surface area contributed by atoms with Crippen molar-refractivity contribution in [3.63, 3.8) is 0 Å². The van der Waals surface area contributed by atoms with Gasteiger partial charge in [0.15, 0.2) is 11.5 Å². The number of hydrogen-bond donors (Lipinski definition) is 1. The summed E-state index contributed by atoms with van der Waals surface area (Å²) in [7, 11) is 2.18. The Bertz CT molecular complexity index is 870. The maximum atomic E-state index is 5.95. The van der Waals surface area contributed by atoms with Crippen molar-refractivity contribution in [1.29, 1.82) is 0 Å². The molecule has 4 rings (SSSR count). The molecule has 1 fully saturated rings. The van der Waals surface area contributed by atoms with Crippen LogP contribution in [0.15, 0.2) is 42.7 Å². The summed E-state index contributed by atoms with van der Waals surface area (Å²) >= 11 is 0. The van der Waals surface area contributed by atoms with E-state index in [-0.39, 0.29) is 0 Å². The van der Waals surface area contributed by atoms with Gasteiger partial charge in [0, 0.05) is 50.8 Å². The van der Waals surface area contributed by atoms with Crippen LogP contribution in [0.4, 0.5) is 17.5 Å². The first-order valence-electron chi connectivity index (χ1n) is 9.41. The summed E-state index contributed by atoms with van der Waals surface area (Å²) in [6.45, 7) is 6.48. The molecule has 8 heteroatoms. The summed E-state index contributed by atoms with van der Waals surface area (Å²) in [5, 5.41) is 4.62. The lowest BCUT2D eigenvalue weighted by Gasteiger charge is -2.32. The molecule has 1 saturated heterocycles. The number of anilines is 3. The van der Waals surface area contributed by atoms with Crippen molar-refractivity contribution in [2.24, 2.45) is 0 Å². The smallest absolute Gasteiger partial charge is 0.250 e. The highest BCUT2D eigenvalue weighted by molar-refractivity contribution is 5.64. The van der Waals surface area contributed by atoms with E-state index in [1.54, 1.807) is 16.9 Å². The topological polar surface area (TPSA) is 78.8 Å². The Morgan fingerprint density at radius 2 is 1.89 bits per heavy atom. The van der Waals surface area contributed by atoms with Crippen LogP contribution in [0, 0.1) is 0 Å². The molecule has 1 aromatic carbocycles. The molecular formula is C19H26N8. The lowest BCUT2D eigenvalue weighted by atomic mass is 10.2. The number of para-hydroxylation sites is 1. The molecule has 2 aromatic heterocycles. The highest BCUT2D eigenvalue weighted by atomic mass is 15.4. The minimum Gasteiger partial charge on any atom is -0.381 e. The zero-order valence-electron chi connectivity index (χ0n) is 15.7. The summed E-state index contributed by atoms with van der Waals surface area (Å²) in [5.41, 5.74) is 7.63. The first-order chi connectivity index (χ1) is 13.2. The average molecular weight is 366 g/mol. The van der Waals surface area contributed by atoms with E-state index in [4.69, 9.17) is 5.73 Å². The number of rotatable bonds is 6. The van der Waals surface area contributed by atoms with Crippen LogP contribution in [0.25, 0.3) is 5.65 Å². The molecule has 0 saturated carbocycles. The van der Waals surface area contributed by atoms with Crippen LogP contribution >= 0.6 is 0 Å². The predicted molar refractivity (Wildman–Crippen MR) is 107 cm³/mol. The standard InChI is InChI=1S/C19H26N8/c1-24-12-14-25(15-13-24)9-5-10-26(16-6-3-2-4-7-16)19-22-18-17(20)21-8-11-27(18)23-19/h2-4,6-8,11H,5,9-10,12-15H2,1H3,(H2,20,21). The number of likely N-dealkylation sites (N-methyl/N-ethyl adjacent to an activating group) is 1. The fraction of sp³-hybridized carbons (Fsp3) is 0.421. The molecule has 1 aliphatic rings. The first kappa shape index (κ1) is 17.7. The number of fused-ring (bicyclic) bond motifs is 1. The monoisotopic (exact) mass is 366 g/mol. The van der Waals surface area contributed by atoms with E-state index >= 15 is 0 Å². The van der Waals surface area contributed by atoms with Gasteiger partial charge in [-0.1, -0.05) is 18.2 Å². The largest absolute Gasteiger partial charge is 0.381 e. The predicted octanol–water partition coefficient (Wildman–Crippen LogP) is 1.48. The van der Waals surface area contributed by atoms with E-state index in [1.165, 1.54) is 0 Å². The molecule has 142 valence electrons. The van der Waals surface area contributed by atoms with Gasteiger partial charge < -0.3 is 20.4 Å². The normalized spacial score (nSPS) is 16.0. The highest BCUT2D eigenvalue weighted by Crippen LogP contribution is 2.23. The van der Waals surface area contributed by atoms with Gasteiger partial charge in [-0.2, -0.15) is 4.98 Å². The molecule has 0 radical (unpaired) electrons. The molecule has 0 aliphatic carbocycles.